The van der Waals surface area contributed by atoms with Crippen LogP contribution in [0.25, 0.3) is 0 Å². The monoisotopic (exact) mass is 285 g/mol. The molecule has 0 aliphatic carbocycles. The second kappa shape index (κ2) is 7.50. The molecule has 1 rings (SSSR count). The van der Waals surface area contributed by atoms with Gasteiger partial charge in [-0.15, -0.1) is 0 Å². The molecular weight excluding hydrogens is 262 g/mol. The Balaban J connectivity index is 2.74. The summed E-state index contributed by atoms with van der Waals surface area (Å²) in [4.78, 5) is 0. The van der Waals surface area contributed by atoms with E-state index in [9.17, 15) is 8.42 Å². The number of hydrogen-bond acceptors (Lipinski definition) is 4. The summed E-state index contributed by atoms with van der Waals surface area (Å²) in [6.45, 7) is 2.75. The lowest BCUT2D eigenvalue weighted by Crippen LogP contribution is -2.20. The zero-order valence-corrected chi connectivity index (χ0v) is 12.7. The Morgan fingerprint density at radius 2 is 2.11 bits per heavy atom. The van der Waals surface area contributed by atoms with Crippen LogP contribution in [0.2, 0.25) is 0 Å². The lowest BCUT2D eigenvalue weighted by atomic mass is 10.0. The summed E-state index contributed by atoms with van der Waals surface area (Å²) < 4.78 is 28.1. The highest BCUT2D eigenvalue weighted by Gasteiger charge is 2.13. The van der Waals surface area contributed by atoms with E-state index >= 15 is 0 Å². The van der Waals surface area contributed by atoms with Gasteiger partial charge in [0, 0.05) is 12.3 Å². The Labute approximate surface area is 116 Å². The van der Waals surface area contributed by atoms with E-state index in [1.165, 1.54) is 6.26 Å². The van der Waals surface area contributed by atoms with Gasteiger partial charge in [-0.3, -0.25) is 0 Å². The lowest BCUT2D eigenvalue weighted by Gasteiger charge is -2.17. The molecule has 108 valence electrons. The van der Waals surface area contributed by atoms with E-state index in [1.807, 2.05) is 31.3 Å². The van der Waals surface area contributed by atoms with E-state index in [4.69, 9.17) is 4.74 Å². The van der Waals surface area contributed by atoms with E-state index in [-0.39, 0.29) is 11.8 Å². The molecule has 0 saturated carbocycles. The van der Waals surface area contributed by atoms with Gasteiger partial charge in [0.2, 0.25) is 0 Å². The fraction of sp³-hybridized carbons (Fsp3) is 0.571. The first kappa shape index (κ1) is 16.0. The van der Waals surface area contributed by atoms with Gasteiger partial charge < -0.3 is 10.1 Å². The number of benzene rings is 1. The molecule has 0 saturated heterocycles. The van der Waals surface area contributed by atoms with Crippen LogP contribution in [0.15, 0.2) is 24.3 Å². The van der Waals surface area contributed by atoms with Crippen molar-refractivity contribution in [3.8, 4) is 5.75 Å². The van der Waals surface area contributed by atoms with Crippen molar-refractivity contribution in [3.05, 3.63) is 29.8 Å². The first-order valence-electron chi connectivity index (χ1n) is 6.54. The molecule has 0 radical (unpaired) electrons. The van der Waals surface area contributed by atoms with Crippen LogP contribution in [0.3, 0.4) is 0 Å². The van der Waals surface area contributed by atoms with Crippen molar-refractivity contribution in [2.75, 3.05) is 25.7 Å². The van der Waals surface area contributed by atoms with Gasteiger partial charge in [0.1, 0.15) is 15.6 Å². The van der Waals surface area contributed by atoms with Gasteiger partial charge in [-0.25, -0.2) is 8.42 Å². The van der Waals surface area contributed by atoms with Gasteiger partial charge >= 0.3 is 0 Å². The molecular formula is C14H23NO3S. The Bertz CT molecular complexity index is 485. The number of nitrogens with one attached hydrogen (secondary N) is 1. The summed E-state index contributed by atoms with van der Waals surface area (Å²) in [6, 6.07) is 7.84. The maximum atomic E-state index is 11.2. The molecule has 19 heavy (non-hydrogen) atoms. The van der Waals surface area contributed by atoms with E-state index in [1.54, 1.807) is 0 Å². The molecule has 0 aliphatic rings. The number of hydrogen-bond donors (Lipinski definition) is 1. The zero-order chi connectivity index (χ0) is 14.3. The molecule has 1 atom stereocenters. The highest BCUT2D eigenvalue weighted by molar-refractivity contribution is 7.90. The maximum absolute atomic E-state index is 11.2. The Kier molecular flexibility index (Phi) is 6.31. The largest absolute Gasteiger partial charge is 0.494 e. The second-order valence-electron chi connectivity index (χ2n) is 4.68. The molecule has 5 heteroatoms. The maximum Gasteiger partial charge on any atom is 0.147 e. The van der Waals surface area contributed by atoms with Crippen molar-refractivity contribution in [2.24, 2.45) is 0 Å². The molecule has 0 spiro atoms. The average molecular weight is 285 g/mol. The summed E-state index contributed by atoms with van der Waals surface area (Å²) >= 11 is 0. The molecule has 0 fully saturated rings. The van der Waals surface area contributed by atoms with Gasteiger partial charge in [-0.05, 0) is 37.6 Å². The summed E-state index contributed by atoms with van der Waals surface area (Å²) in [5.41, 5.74) is 1.06. The SMILES string of the molecule is CCCOc1cccc(C(CCS(C)(=O)=O)NC)c1. The topological polar surface area (TPSA) is 55.4 Å². The van der Waals surface area contributed by atoms with Crippen LogP contribution in [0.1, 0.15) is 31.4 Å². The number of sulfone groups is 1. The summed E-state index contributed by atoms with van der Waals surface area (Å²) in [5, 5.41) is 3.15. The van der Waals surface area contributed by atoms with E-state index in [0.717, 1.165) is 17.7 Å². The highest BCUT2D eigenvalue weighted by Crippen LogP contribution is 2.22. The standard InChI is InChI=1S/C14H23NO3S/c1-4-9-18-13-7-5-6-12(11-13)14(15-2)8-10-19(3,16)17/h5-7,11,14-15H,4,8-10H2,1-3H3. The minimum Gasteiger partial charge on any atom is -0.494 e. The van der Waals surface area contributed by atoms with Gasteiger partial charge in [0.05, 0.1) is 12.4 Å². The van der Waals surface area contributed by atoms with E-state index in [2.05, 4.69) is 12.2 Å². The van der Waals surface area contributed by atoms with Crippen molar-refractivity contribution in [2.45, 2.75) is 25.8 Å². The minimum atomic E-state index is -2.93. The third-order valence-electron chi connectivity index (χ3n) is 2.86. The third-order valence-corrected chi connectivity index (χ3v) is 3.84. The lowest BCUT2D eigenvalue weighted by molar-refractivity contribution is 0.316. The smallest absolute Gasteiger partial charge is 0.147 e. The Morgan fingerprint density at radius 1 is 1.37 bits per heavy atom. The van der Waals surface area contributed by atoms with Crippen LogP contribution in [0.4, 0.5) is 0 Å². The van der Waals surface area contributed by atoms with E-state index < -0.39 is 9.84 Å². The van der Waals surface area contributed by atoms with Gasteiger partial charge in [0.15, 0.2) is 0 Å². The van der Waals surface area contributed by atoms with Crippen LogP contribution in [-0.4, -0.2) is 34.1 Å². The van der Waals surface area contributed by atoms with Crippen molar-refractivity contribution in [1.29, 1.82) is 0 Å². The normalized spacial score (nSPS) is 13.2. The summed E-state index contributed by atoms with van der Waals surface area (Å²) in [7, 11) is -1.09. The third kappa shape index (κ3) is 6.07. The van der Waals surface area contributed by atoms with Crippen molar-refractivity contribution in [3.63, 3.8) is 0 Å². The predicted molar refractivity (Wildman–Crippen MR) is 78.4 cm³/mol. The van der Waals surface area contributed by atoms with Crippen molar-refractivity contribution >= 4 is 9.84 Å². The fourth-order valence-corrected chi connectivity index (χ4v) is 2.51. The highest BCUT2D eigenvalue weighted by atomic mass is 32.2. The van der Waals surface area contributed by atoms with Crippen molar-refractivity contribution < 1.29 is 13.2 Å². The molecule has 1 unspecified atom stereocenters. The molecule has 0 aromatic heterocycles. The minimum absolute atomic E-state index is 0.0277. The second-order valence-corrected chi connectivity index (χ2v) is 6.94. The average Bonchev–Trinajstić information content (AvgIpc) is 2.36. The molecule has 0 bridgehead atoms. The van der Waals surface area contributed by atoms with E-state index in [0.29, 0.717) is 13.0 Å². The van der Waals surface area contributed by atoms with Gasteiger partial charge in [0.25, 0.3) is 0 Å². The van der Waals surface area contributed by atoms with Gasteiger partial charge in [-0.2, -0.15) is 0 Å². The molecule has 0 amide bonds. The first-order chi connectivity index (χ1) is 8.96. The van der Waals surface area contributed by atoms with Crippen LogP contribution in [0.5, 0.6) is 5.75 Å². The van der Waals surface area contributed by atoms with Crippen LogP contribution in [-0.2, 0) is 9.84 Å². The number of rotatable bonds is 8. The van der Waals surface area contributed by atoms with Crippen molar-refractivity contribution in [1.82, 2.24) is 5.32 Å². The van der Waals surface area contributed by atoms with Crippen LogP contribution < -0.4 is 10.1 Å². The Morgan fingerprint density at radius 3 is 2.68 bits per heavy atom. The molecule has 0 heterocycles. The summed E-state index contributed by atoms with van der Waals surface area (Å²) in [6.07, 6.45) is 2.79. The molecule has 0 aliphatic heterocycles. The number of ether oxygens (including phenoxy) is 1. The Hall–Kier alpha value is -1.07. The quantitative estimate of drug-likeness (QED) is 0.795. The van der Waals surface area contributed by atoms with Gasteiger partial charge in [-0.1, -0.05) is 19.1 Å². The molecule has 1 aromatic rings. The first-order valence-corrected chi connectivity index (χ1v) is 8.60. The van der Waals surface area contributed by atoms with Crippen LogP contribution in [0, 0.1) is 0 Å². The summed E-state index contributed by atoms with van der Waals surface area (Å²) in [5.74, 6) is 1.01. The predicted octanol–water partition coefficient (Wildman–Crippen LogP) is 2.17. The van der Waals surface area contributed by atoms with Crippen LogP contribution >= 0.6 is 0 Å². The molecule has 4 nitrogen and oxygen atoms in total. The fourth-order valence-electron chi connectivity index (χ4n) is 1.85. The zero-order valence-electron chi connectivity index (χ0n) is 11.8. The molecule has 1 N–H and O–H groups in total. The molecule has 1 aromatic carbocycles.